The van der Waals surface area contributed by atoms with Gasteiger partial charge in [-0.25, -0.2) is 9.78 Å². The van der Waals surface area contributed by atoms with Crippen LogP contribution in [0.4, 0.5) is 10.6 Å². The minimum Gasteiger partial charge on any atom is -0.444 e. The standard InChI is InChI=1S/C22H38BN3O4/c1-9-22(7,8)30-23(28-10-2)18-11-12-19(24-17(18)3)25-13-15-26(16-14-25)20(27)29-21(4,5)6/h11-12H,9-10,13-16H2,1-8H3. The lowest BCUT2D eigenvalue weighted by molar-refractivity contribution is 0.0240. The molecular weight excluding hydrogens is 381 g/mol. The van der Waals surface area contributed by atoms with Crippen LogP contribution in [-0.2, 0) is 14.0 Å². The molecule has 7 nitrogen and oxygen atoms in total. The summed E-state index contributed by atoms with van der Waals surface area (Å²) in [4.78, 5) is 21.0. The molecule has 1 aromatic rings. The second kappa shape index (κ2) is 10.0. The van der Waals surface area contributed by atoms with Crippen molar-refractivity contribution in [2.24, 2.45) is 0 Å². The lowest BCUT2D eigenvalue weighted by Crippen LogP contribution is -2.50. The average molecular weight is 419 g/mol. The molecule has 1 saturated heterocycles. The Morgan fingerprint density at radius 2 is 1.73 bits per heavy atom. The van der Waals surface area contributed by atoms with Crippen LogP contribution in [0.25, 0.3) is 0 Å². The van der Waals surface area contributed by atoms with Gasteiger partial charge in [-0.15, -0.1) is 0 Å². The maximum Gasteiger partial charge on any atom is 0.496 e. The molecule has 0 aliphatic carbocycles. The summed E-state index contributed by atoms with van der Waals surface area (Å²) in [5, 5.41) is 0. The SMILES string of the molecule is CCOB(OC(C)(C)CC)c1ccc(N2CCN(C(=O)OC(C)(C)C)CC2)nc1C. The van der Waals surface area contributed by atoms with E-state index >= 15 is 0 Å². The maximum atomic E-state index is 12.3. The highest BCUT2D eigenvalue weighted by Crippen LogP contribution is 2.19. The van der Waals surface area contributed by atoms with E-state index in [2.05, 4.69) is 25.7 Å². The van der Waals surface area contributed by atoms with Crippen molar-refractivity contribution < 1.29 is 18.8 Å². The van der Waals surface area contributed by atoms with Crippen molar-refractivity contribution in [3.05, 3.63) is 17.8 Å². The van der Waals surface area contributed by atoms with Crippen molar-refractivity contribution >= 4 is 24.5 Å². The van der Waals surface area contributed by atoms with E-state index in [-0.39, 0.29) is 11.7 Å². The van der Waals surface area contributed by atoms with E-state index in [1.807, 2.05) is 46.8 Å². The Morgan fingerprint density at radius 3 is 2.23 bits per heavy atom. The third kappa shape index (κ3) is 6.88. The summed E-state index contributed by atoms with van der Waals surface area (Å²) in [5.74, 6) is 0.907. The van der Waals surface area contributed by atoms with E-state index in [1.165, 1.54) is 0 Å². The number of amides is 1. The van der Waals surface area contributed by atoms with Gasteiger partial charge in [-0.3, -0.25) is 0 Å². The number of carbonyl (C=O) groups is 1. The molecule has 0 aromatic carbocycles. The zero-order valence-electron chi connectivity index (χ0n) is 19.9. The quantitative estimate of drug-likeness (QED) is 0.632. The highest BCUT2D eigenvalue weighted by Gasteiger charge is 2.31. The van der Waals surface area contributed by atoms with Gasteiger partial charge in [0.25, 0.3) is 0 Å². The normalized spacial score (nSPS) is 15.3. The van der Waals surface area contributed by atoms with Gasteiger partial charge < -0.3 is 23.8 Å². The number of pyridine rings is 1. The van der Waals surface area contributed by atoms with Crippen molar-refractivity contribution in [1.82, 2.24) is 9.88 Å². The molecule has 0 N–H and O–H groups in total. The lowest BCUT2D eigenvalue weighted by Gasteiger charge is -2.36. The molecule has 2 heterocycles. The number of carbonyl (C=O) groups excluding carboxylic acids is 1. The largest absolute Gasteiger partial charge is 0.496 e. The van der Waals surface area contributed by atoms with Crippen LogP contribution in [0.1, 0.15) is 60.6 Å². The van der Waals surface area contributed by atoms with Gasteiger partial charge in [0, 0.05) is 49.5 Å². The topological polar surface area (TPSA) is 64.1 Å². The number of hydrogen-bond donors (Lipinski definition) is 0. The van der Waals surface area contributed by atoms with Crippen molar-refractivity contribution in [2.75, 3.05) is 37.7 Å². The third-order valence-electron chi connectivity index (χ3n) is 5.22. The van der Waals surface area contributed by atoms with E-state index < -0.39 is 12.7 Å². The molecule has 8 heteroatoms. The van der Waals surface area contributed by atoms with Crippen molar-refractivity contribution in [1.29, 1.82) is 0 Å². The van der Waals surface area contributed by atoms with E-state index in [4.69, 9.17) is 19.0 Å². The van der Waals surface area contributed by atoms with Crippen molar-refractivity contribution in [3.8, 4) is 0 Å². The molecule has 168 valence electrons. The zero-order chi connectivity index (χ0) is 22.5. The summed E-state index contributed by atoms with van der Waals surface area (Å²) in [6.07, 6.45) is 0.639. The number of nitrogens with zero attached hydrogens (tertiary/aromatic N) is 3. The minimum absolute atomic E-state index is 0.253. The smallest absolute Gasteiger partial charge is 0.444 e. The van der Waals surface area contributed by atoms with Gasteiger partial charge in [0.1, 0.15) is 11.4 Å². The first-order valence-corrected chi connectivity index (χ1v) is 11.0. The Labute approximate surface area is 182 Å². The van der Waals surface area contributed by atoms with Crippen LogP contribution < -0.4 is 10.4 Å². The van der Waals surface area contributed by atoms with Crippen LogP contribution in [-0.4, -0.2) is 67.1 Å². The molecule has 1 amide bonds. The van der Waals surface area contributed by atoms with Gasteiger partial charge in [-0.1, -0.05) is 13.0 Å². The summed E-state index contributed by atoms with van der Waals surface area (Å²) in [7, 11) is -0.435. The summed E-state index contributed by atoms with van der Waals surface area (Å²) < 4.78 is 17.6. The number of piperazine rings is 1. The fourth-order valence-electron chi connectivity index (χ4n) is 3.14. The van der Waals surface area contributed by atoms with Gasteiger partial charge in [-0.05, 0) is 61.0 Å². The van der Waals surface area contributed by atoms with Gasteiger partial charge >= 0.3 is 13.2 Å². The Kier molecular flexibility index (Phi) is 8.16. The van der Waals surface area contributed by atoms with E-state index in [0.29, 0.717) is 19.7 Å². The first-order valence-electron chi connectivity index (χ1n) is 11.0. The van der Waals surface area contributed by atoms with E-state index in [1.54, 1.807) is 4.90 Å². The second-order valence-corrected chi connectivity index (χ2v) is 9.32. The Bertz CT molecular complexity index is 713. The molecule has 30 heavy (non-hydrogen) atoms. The highest BCUT2D eigenvalue weighted by molar-refractivity contribution is 6.61. The number of aromatic nitrogens is 1. The monoisotopic (exact) mass is 419 g/mol. The van der Waals surface area contributed by atoms with Crippen molar-refractivity contribution in [3.63, 3.8) is 0 Å². The van der Waals surface area contributed by atoms with Gasteiger partial charge in [0.2, 0.25) is 0 Å². The first-order chi connectivity index (χ1) is 14.0. The number of ether oxygens (including phenoxy) is 1. The molecule has 1 fully saturated rings. The summed E-state index contributed by atoms with van der Waals surface area (Å²) in [5.41, 5.74) is 1.10. The van der Waals surface area contributed by atoms with E-state index in [9.17, 15) is 4.79 Å². The molecule has 2 rings (SSSR count). The minimum atomic E-state index is -0.478. The number of anilines is 1. The fourth-order valence-corrected chi connectivity index (χ4v) is 3.14. The van der Waals surface area contributed by atoms with Crippen LogP contribution in [0.2, 0.25) is 0 Å². The highest BCUT2D eigenvalue weighted by atomic mass is 16.6. The maximum absolute atomic E-state index is 12.3. The molecule has 1 aliphatic heterocycles. The van der Waals surface area contributed by atoms with Crippen LogP contribution in [0.5, 0.6) is 0 Å². The molecule has 0 spiro atoms. The van der Waals surface area contributed by atoms with Crippen LogP contribution in [0.3, 0.4) is 0 Å². The number of aryl methyl sites for hydroxylation is 1. The number of rotatable bonds is 7. The van der Waals surface area contributed by atoms with Crippen LogP contribution in [0, 0.1) is 6.92 Å². The van der Waals surface area contributed by atoms with Crippen LogP contribution in [0.15, 0.2) is 12.1 Å². The van der Waals surface area contributed by atoms with Gasteiger partial charge in [0.05, 0.1) is 0 Å². The Hall–Kier alpha value is -1.80. The number of hydrogen-bond acceptors (Lipinski definition) is 6. The molecule has 0 unspecified atom stereocenters. The fraction of sp³-hybridized carbons (Fsp3) is 0.727. The van der Waals surface area contributed by atoms with E-state index in [0.717, 1.165) is 36.5 Å². The summed E-state index contributed by atoms with van der Waals surface area (Å²) in [6, 6.07) is 4.06. The van der Waals surface area contributed by atoms with Gasteiger partial charge in [-0.2, -0.15) is 0 Å². The van der Waals surface area contributed by atoms with Crippen molar-refractivity contribution in [2.45, 2.75) is 73.0 Å². The zero-order valence-corrected chi connectivity index (χ0v) is 19.9. The molecule has 0 saturated carbocycles. The first kappa shape index (κ1) is 24.5. The molecule has 0 bridgehead atoms. The molecular formula is C22H38BN3O4. The molecule has 0 atom stereocenters. The molecule has 1 aliphatic rings. The summed E-state index contributed by atoms with van der Waals surface area (Å²) in [6.45, 7) is 19.1. The third-order valence-corrected chi connectivity index (χ3v) is 5.22. The lowest BCUT2D eigenvalue weighted by atomic mass is 9.76. The average Bonchev–Trinajstić information content (AvgIpc) is 2.66. The second-order valence-electron chi connectivity index (χ2n) is 9.32. The predicted molar refractivity (Wildman–Crippen MR) is 121 cm³/mol. The Morgan fingerprint density at radius 1 is 1.10 bits per heavy atom. The van der Waals surface area contributed by atoms with Crippen LogP contribution >= 0.6 is 0 Å². The summed E-state index contributed by atoms with van der Waals surface area (Å²) >= 11 is 0. The predicted octanol–water partition coefficient (Wildman–Crippen LogP) is 3.38. The van der Waals surface area contributed by atoms with Gasteiger partial charge in [0.15, 0.2) is 0 Å². The molecule has 0 radical (unpaired) electrons. The molecule has 1 aromatic heterocycles. The Balaban J connectivity index is 2.05.